The lowest BCUT2D eigenvalue weighted by Crippen LogP contribution is -2.17. The Morgan fingerprint density at radius 3 is 2.50 bits per heavy atom. The van der Waals surface area contributed by atoms with Crippen LogP contribution in [0.25, 0.3) is 0 Å². The Kier molecular flexibility index (Phi) is 4.37. The van der Waals surface area contributed by atoms with Crippen molar-refractivity contribution in [3.05, 3.63) is 52.6 Å². The molecule has 26 heavy (non-hydrogen) atoms. The van der Waals surface area contributed by atoms with E-state index in [1.165, 1.54) is 30.9 Å². The number of amides is 1. The van der Waals surface area contributed by atoms with Gasteiger partial charge in [-0.1, -0.05) is 18.2 Å². The van der Waals surface area contributed by atoms with Gasteiger partial charge in [0, 0.05) is 11.6 Å². The maximum atomic E-state index is 12.5. The molecule has 4 rings (SSSR count). The number of fused-ring (bicyclic) bond motifs is 2. The van der Waals surface area contributed by atoms with E-state index in [9.17, 15) is 9.59 Å². The zero-order valence-corrected chi connectivity index (χ0v) is 14.8. The quantitative estimate of drug-likeness (QED) is 0.854. The highest BCUT2D eigenvalue weighted by atomic mass is 16.7. The molecule has 0 unspecified atom stereocenters. The summed E-state index contributed by atoms with van der Waals surface area (Å²) in [6, 6.07) is 9.58. The molecule has 0 radical (unpaired) electrons. The monoisotopic (exact) mass is 351 g/mol. The number of anilines is 1. The SMILES string of the molecule is CC(=O)c1cc2c(cc1NC(=O)Cc1ccc3c(c1)CCCC3)OCO2. The molecular formula is C21H21NO4. The molecule has 2 aromatic rings. The van der Waals surface area contributed by atoms with Gasteiger partial charge in [0.15, 0.2) is 17.3 Å². The number of rotatable bonds is 4. The lowest BCUT2D eigenvalue weighted by Gasteiger charge is -2.16. The summed E-state index contributed by atoms with van der Waals surface area (Å²) < 4.78 is 10.7. The van der Waals surface area contributed by atoms with Crippen LogP contribution in [0.3, 0.4) is 0 Å². The zero-order chi connectivity index (χ0) is 18.1. The molecule has 1 aliphatic heterocycles. The summed E-state index contributed by atoms with van der Waals surface area (Å²) in [6.07, 6.45) is 4.94. The maximum absolute atomic E-state index is 12.5. The van der Waals surface area contributed by atoms with Crippen LogP contribution in [0, 0.1) is 0 Å². The van der Waals surface area contributed by atoms with Crippen molar-refractivity contribution in [1.29, 1.82) is 0 Å². The molecule has 1 aliphatic carbocycles. The number of ether oxygens (including phenoxy) is 2. The summed E-state index contributed by atoms with van der Waals surface area (Å²) in [4.78, 5) is 24.4. The van der Waals surface area contributed by atoms with Crippen molar-refractivity contribution < 1.29 is 19.1 Å². The number of Topliss-reactive ketones (excluding diaryl/α,β-unsaturated/α-hetero) is 1. The maximum Gasteiger partial charge on any atom is 0.231 e. The Labute approximate surface area is 152 Å². The average Bonchev–Trinajstić information content (AvgIpc) is 3.08. The average molecular weight is 351 g/mol. The van der Waals surface area contributed by atoms with E-state index in [0.717, 1.165) is 18.4 Å². The molecule has 5 nitrogen and oxygen atoms in total. The van der Waals surface area contributed by atoms with Crippen LogP contribution >= 0.6 is 0 Å². The van der Waals surface area contributed by atoms with E-state index in [4.69, 9.17) is 9.47 Å². The Hall–Kier alpha value is -2.82. The Bertz CT molecular complexity index is 888. The van der Waals surface area contributed by atoms with Crippen LogP contribution in [0.1, 0.15) is 46.8 Å². The largest absolute Gasteiger partial charge is 0.454 e. The molecule has 0 bridgehead atoms. The molecule has 2 aromatic carbocycles. The van der Waals surface area contributed by atoms with E-state index in [-0.39, 0.29) is 24.9 Å². The first-order valence-corrected chi connectivity index (χ1v) is 8.95. The molecule has 1 heterocycles. The van der Waals surface area contributed by atoms with Crippen LogP contribution < -0.4 is 14.8 Å². The van der Waals surface area contributed by atoms with E-state index in [0.29, 0.717) is 22.7 Å². The second-order valence-corrected chi connectivity index (χ2v) is 6.84. The predicted molar refractivity (Wildman–Crippen MR) is 98.0 cm³/mol. The Morgan fingerprint density at radius 1 is 1.00 bits per heavy atom. The lowest BCUT2D eigenvalue weighted by atomic mass is 9.90. The van der Waals surface area contributed by atoms with E-state index in [1.54, 1.807) is 12.1 Å². The van der Waals surface area contributed by atoms with E-state index in [2.05, 4.69) is 17.4 Å². The van der Waals surface area contributed by atoms with Gasteiger partial charge in [-0.05, 0) is 55.4 Å². The van der Waals surface area contributed by atoms with Crippen molar-refractivity contribution in [1.82, 2.24) is 0 Å². The number of hydrogen-bond donors (Lipinski definition) is 1. The number of carbonyl (C=O) groups is 2. The molecule has 0 saturated heterocycles. The fourth-order valence-electron chi connectivity index (χ4n) is 3.61. The highest BCUT2D eigenvalue weighted by Gasteiger charge is 2.20. The van der Waals surface area contributed by atoms with Gasteiger partial charge in [-0.3, -0.25) is 9.59 Å². The van der Waals surface area contributed by atoms with Gasteiger partial charge in [-0.25, -0.2) is 0 Å². The van der Waals surface area contributed by atoms with Gasteiger partial charge in [0.25, 0.3) is 0 Å². The van der Waals surface area contributed by atoms with Gasteiger partial charge in [0.1, 0.15) is 0 Å². The van der Waals surface area contributed by atoms with Gasteiger partial charge < -0.3 is 14.8 Å². The van der Waals surface area contributed by atoms with Gasteiger partial charge in [-0.2, -0.15) is 0 Å². The molecular weight excluding hydrogens is 330 g/mol. The highest BCUT2D eigenvalue weighted by Crippen LogP contribution is 2.37. The summed E-state index contributed by atoms with van der Waals surface area (Å²) in [5.74, 6) is 0.788. The van der Waals surface area contributed by atoms with E-state index < -0.39 is 0 Å². The minimum Gasteiger partial charge on any atom is -0.454 e. The summed E-state index contributed by atoms with van der Waals surface area (Å²) in [6.45, 7) is 1.59. The fourth-order valence-corrected chi connectivity index (χ4v) is 3.61. The molecule has 1 N–H and O–H groups in total. The second-order valence-electron chi connectivity index (χ2n) is 6.84. The number of aryl methyl sites for hydroxylation is 2. The third kappa shape index (κ3) is 3.29. The van der Waals surface area contributed by atoms with Crippen molar-refractivity contribution in [2.24, 2.45) is 0 Å². The molecule has 0 aromatic heterocycles. The molecule has 0 saturated carbocycles. The smallest absolute Gasteiger partial charge is 0.231 e. The minimum atomic E-state index is -0.151. The van der Waals surface area contributed by atoms with E-state index >= 15 is 0 Å². The van der Waals surface area contributed by atoms with Crippen LogP contribution in [0.2, 0.25) is 0 Å². The number of nitrogens with one attached hydrogen (secondary N) is 1. The summed E-state index contributed by atoms with van der Waals surface area (Å²) in [5, 5.41) is 2.85. The molecule has 0 fully saturated rings. The van der Waals surface area contributed by atoms with Crippen molar-refractivity contribution in [3.8, 4) is 11.5 Å². The lowest BCUT2D eigenvalue weighted by molar-refractivity contribution is -0.115. The normalized spacial score (nSPS) is 14.7. The number of hydrogen-bond acceptors (Lipinski definition) is 4. The first-order chi connectivity index (χ1) is 12.6. The second kappa shape index (κ2) is 6.83. The Balaban J connectivity index is 1.52. The van der Waals surface area contributed by atoms with E-state index in [1.807, 2.05) is 6.07 Å². The van der Waals surface area contributed by atoms with Crippen molar-refractivity contribution in [2.45, 2.75) is 39.0 Å². The molecule has 134 valence electrons. The highest BCUT2D eigenvalue weighted by molar-refractivity contribution is 6.05. The van der Waals surface area contributed by atoms with Gasteiger partial charge in [0.2, 0.25) is 12.7 Å². The third-order valence-electron chi connectivity index (χ3n) is 4.94. The van der Waals surface area contributed by atoms with Gasteiger partial charge in [0.05, 0.1) is 12.1 Å². The topological polar surface area (TPSA) is 64.6 Å². The van der Waals surface area contributed by atoms with Crippen LogP contribution in [-0.4, -0.2) is 18.5 Å². The summed E-state index contributed by atoms with van der Waals surface area (Å²) >= 11 is 0. The van der Waals surface area contributed by atoms with Gasteiger partial charge >= 0.3 is 0 Å². The first-order valence-electron chi connectivity index (χ1n) is 8.95. The predicted octanol–water partition coefficient (Wildman–Crippen LogP) is 3.68. The molecule has 2 aliphatic rings. The summed E-state index contributed by atoms with van der Waals surface area (Å²) in [5.41, 5.74) is 4.63. The van der Waals surface area contributed by atoms with Gasteiger partial charge in [-0.15, -0.1) is 0 Å². The molecule has 0 atom stereocenters. The molecule has 1 amide bonds. The Morgan fingerprint density at radius 2 is 1.73 bits per heavy atom. The fraction of sp³-hybridized carbons (Fsp3) is 0.333. The van der Waals surface area contributed by atoms with Crippen LogP contribution in [0.15, 0.2) is 30.3 Å². The van der Waals surface area contributed by atoms with Crippen molar-refractivity contribution in [2.75, 3.05) is 12.1 Å². The number of ketones is 1. The number of carbonyl (C=O) groups excluding carboxylic acids is 2. The zero-order valence-electron chi connectivity index (χ0n) is 14.8. The third-order valence-corrected chi connectivity index (χ3v) is 4.94. The van der Waals surface area contributed by atoms with Crippen molar-refractivity contribution >= 4 is 17.4 Å². The van der Waals surface area contributed by atoms with Crippen molar-refractivity contribution in [3.63, 3.8) is 0 Å². The molecule has 5 heteroatoms. The minimum absolute atomic E-state index is 0.124. The number of benzene rings is 2. The van der Waals surface area contributed by atoms with Crippen LogP contribution in [-0.2, 0) is 24.1 Å². The van der Waals surface area contributed by atoms with Crippen LogP contribution in [0.4, 0.5) is 5.69 Å². The summed E-state index contributed by atoms with van der Waals surface area (Å²) in [7, 11) is 0. The van der Waals surface area contributed by atoms with Crippen LogP contribution in [0.5, 0.6) is 11.5 Å². The first kappa shape index (κ1) is 16.6. The standard InChI is InChI=1S/C21H21NO4/c1-13(23)17-10-19-20(26-12-25-19)11-18(17)22-21(24)9-14-6-7-15-4-2-3-5-16(15)8-14/h6-8,10-11H,2-5,9,12H2,1H3,(H,22,24). The molecule has 0 spiro atoms.